The molecule has 7 nitrogen and oxygen atoms in total. The SMILES string of the molecule is Cc1cc2c(cc1C)n1c3ccccc3c3c1n1c4c(c5ccccc5n24)S(=O)(=O)c2cc(C(C)(C)C)cc(c2-1)S3(=O)=O. The van der Waals surface area contributed by atoms with Crippen LogP contribution in [0.2, 0.25) is 0 Å². The van der Waals surface area contributed by atoms with Crippen molar-refractivity contribution >= 4 is 63.8 Å². The van der Waals surface area contributed by atoms with E-state index in [9.17, 15) is 16.8 Å². The monoisotopic (exact) mass is 605 g/mol. The normalized spacial score (nSPS) is 16.3. The number of hydrogen-bond donors (Lipinski definition) is 0. The molecule has 214 valence electrons. The summed E-state index contributed by atoms with van der Waals surface area (Å²) in [6, 6.07) is 22.6. The minimum absolute atomic E-state index is 0.0228. The average Bonchev–Trinajstić information content (AvgIpc) is 3.45. The second-order valence-corrected chi connectivity index (χ2v) is 16.6. The smallest absolute Gasteiger partial charge is 0.213 e. The van der Waals surface area contributed by atoms with Gasteiger partial charge in [-0.2, -0.15) is 0 Å². The first-order valence-corrected chi connectivity index (χ1v) is 17.2. The topological polar surface area (TPSA) is 82.0 Å². The Morgan fingerprint density at radius 3 is 1.42 bits per heavy atom. The number of hydrogen-bond acceptors (Lipinski definition) is 4. The molecule has 43 heavy (non-hydrogen) atoms. The molecule has 0 amide bonds. The third kappa shape index (κ3) is 2.76. The van der Waals surface area contributed by atoms with Crippen LogP contribution in [0.3, 0.4) is 0 Å². The van der Waals surface area contributed by atoms with Gasteiger partial charge in [-0.25, -0.2) is 16.8 Å². The first-order chi connectivity index (χ1) is 20.3. The molecule has 2 aliphatic rings. The largest absolute Gasteiger partial charge is 0.292 e. The molecular formula is C34H27N3O4S2. The van der Waals surface area contributed by atoms with Gasteiger partial charge < -0.3 is 0 Å². The predicted octanol–water partition coefficient (Wildman–Crippen LogP) is 7.21. The van der Waals surface area contributed by atoms with E-state index in [0.717, 1.165) is 33.2 Å². The second-order valence-electron chi connectivity index (χ2n) is 12.8. The van der Waals surface area contributed by atoms with E-state index in [1.54, 1.807) is 12.1 Å². The molecule has 0 radical (unpaired) electrons. The van der Waals surface area contributed by atoms with Crippen LogP contribution in [0.25, 0.3) is 49.8 Å². The summed E-state index contributed by atoms with van der Waals surface area (Å²) in [6.45, 7) is 9.98. The third-order valence-corrected chi connectivity index (χ3v) is 13.0. The molecule has 4 aromatic carbocycles. The van der Waals surface area contributed by atoms with Crippen molar-refractivity contribution in [3.8, 4) is 5.69 Å². The van der Waals surface area contributed by atoms with Gasteiger partial charge >= 0.3 is 0 Å². The molecule has 3 aromatic heterocycles. The molecule has 0 spiro atoms. The van der Waals surface area contributed by atoms with Crippen LogP contribution in [0.5, 0.6) is 0 Å². The summed E-state index contributed by atoms with van der Waals surface area (Å²) in [5, 5.41) is 1.21. The number of fused-ring (bicyclic) bond motifs is 9. The fourth-order valence-electron chi connectivity index (χ4n) is 7.14. The molecule has 9 heteroatoms. The maximum atomic E-state index is 14.9. The van der Waals surface area contributed by atoms with Crippen molar-refractivity contribution in [2.45, 2.75) is 59.6 Å². The Kier molecular flexibility index (Phi) is 4.34. The van der Waals surface area contributed by atoms with E-state index < -0.39 is 25.1 Å². The van der Waals surface area contributed by atoms with E-state index in [1.165, 1.54) is 0 Å². The van der Waals surface area contributed by atoms with Crippen LogP contribution >= 0.6 is 0 Å². The van der Waals surface area contributed by atoms with Crippen molar-refractivity contribution in [1.29, 1.82) is 0 Å². The van der Waals surface area contributed by atoms with Crippen LogP contribution in [0.4, 0.5) is 0 Å². The summed E-state index contributed by atoms with van der Waals surface area (Å²) in [5.41, 5.74) is 6.42. The van der Waals surface area contributed by atoms with Gasteiger partial charge in [-0.05, 0) is 72.4 Å². The molecule has 0 aliphatic carbocycles. The molecule has 2 aliphatic heterocycles. The Bertz CT molecular complexity index is 2570. The van der Waals surface area contributed by atoms with Crippen molar-refractivity contribution in [2.75, 3.05) is 0 Å². The van der Waals surface area contributed by atoms with Gasteiger partial charge in [0.25, 0.3) is 0 Å². The number of para-hydroxylation sites is 2. The van der Waals surface area contributed by atoms with Crippen LogP contribution in [0.15, 0.2) is 92.4 Å². The lowest BCUT2D eigenvalue weighted by Gasteiger charge is -2.29. The first-order valence-electron chi connectivity index (χ1n) is 14.2. The van der Waals surface area contributed by atoms with Crippen LogP contribution in [-0.4, -0.2) is 30.2 Å². The van der Waals surface area contributed by atoms with E-state index in [0.29, 0.717) is 27.6 Å². The van der Waals surface area contributed by atoms with Gasteiger partial charge in [-0.15, -0.1) is 0 Å². The van der Waals surface area contributed by atoms with Crippen LogP contribution in [0.1, 0.15) is 37.5 Å². The Morgan fingerprint density at radius 2 is 1.00 bits per heavy atom. The minimum atomic E-state index is -4.15. The quantitative estimate of drug-likeness (QED) is 0.183. The zero-order valence-electron chi connectivity index (χ0n) is 24.2. The summed E-state index contributed by atoms with van der Waals surface area (Å²) in [5.74, 6) is 0. The van der Waals surface area contributed by atoms with E-state index in [-0.39, 0.29) is 25.3 Å². The van der Waals surface area contributed by atoms with Crippen molar-refractivity contribution in [2.24, 2.45) is 0 Å². The fourth-order valence-corrected chi connectivity index (χ4v) is 10.9. The highest BCUT2D eigenvalue weighted by Gasteiger charge is 2.45. The molecule has 0 unspecified atom stereocenters. The van der Waals surface area contributed by atoms with Gasteiger partial charge in [-0.3, -0.25) is 13.4 Å². The number of nitrogens with zero attached hydrogens (tertiary/aromatic N) is 3. The molecule has 7 aromatic rings. The molecule has 9 rings (SSSR count). The molecular weight excluding hydrogens is 579 g/mol. The zero-order chi connectivity index (χ0) is 30.0. The Hall–Kier alpha value is -4.34. The lowest BCUT2D eigenvalue weighted by atomic mass is 9.87. The number of rotatable bonds is 0. The summed E-state index contributed by atoms with van der Waals surface area (Å²) in [7, 11) is -8.30. The van der Waals surface area contributed by atoms with Crippen LogP contribution in [0, 0.1) is 13.8 Å². The molecule has 0 fully saturated rings. The molecule has 0 atom stereocenters. The van der Waals surface area contributed by atoms with Gasteiger partial charge in [0, 0.05) is 10.8 Å². The van der Waals surface area contributed by atoms with Crippen molar-refractivity contribution in [3.63, 3.8) is 0 Å². The summed E-state index contributed by atoms with van der Waals surface area (Å²) in [6.07, 6.45) is 0. The molecule has 0 bridgehead atoms. The van der Waals surface area contributed by atoms with Crippen LogP contribution in [-0.2, 0) is 25.1 Å². The highest BCUT2D eigenvalue weighted by Crippen LogP contribution is 2.52. The van der Waals surface area contributed by atoms with Gasteiger partial charge in [-0.1, -0.05) is 57.2 Å². The van der Waals surface area contributed by atoms with Crippen molar-refractivity contribution in [3.05, 3.63) is 89.5 Å². The average molecular weight is 606 g/mol. The number of sulfone groups is 2. The maximum Gasteiger partial charge on any atom is 0.213 e. The molecule has 0 saturated carbocycles. The van der Waals surface area contributed by atoms with Crippen LogP contribution < -0.4 is 0 Å². The number of aryl methyl sites for hydroxylation is 2. The third-order valence-electron chi connectivity index (χ3n) is 9.35. The zero-order valence-corrected chi connectivity index (χ0v) is 25.9. The molecule has 0 N–H and O–H groups in total. The van der Waals surface area contributed by atoms with E-state index in [2.05, 4.69) is 12.1 Å². The minimum Gasteiger partial charge on any atom is -0.292 e. The highest BCUT2D eigenvalue weighted by atomic mass is 32.2. The van der Waals surface area contributed by atoms with Gasteiger partial charge in [0.1, 0.15) is 21.1 Å². The molecule has 5 heterocycles. The van der Waals surface area contributed by atoms with E-state index >= 15 is 0 Å². The maximum absolute atomic E-state index is 14.9. The van der Waals surface area contributed by atoms with E-state index in [1.807, 2.05) is 96.5 Å². The number of benzene rings is 4. The summed E-state index contributed by atoms with van der Waals surface area (Å²) >= 11 is 0. The predicted molar refractivity (Wildman–Crippen MR) is 168 cm³/mol. The van der Waals surface area contributed by atoms with Gasteiger partial charge in [0.2, 0.25) is 19.7 Å². The van der Waals surface area contributed by atoms with Crippen molar-refractivity contribution < 1.29 is 16.8 Å². The number of aromatic nitrogens is 3. The molecule has 0 saturated heterocycles. The summed E-state index contributed by atoms with van der Waals surface area (Å²) < 4.78 is 65.4. The van der Waals surface area contributed by atoms with Gasteiger partial charge in [0.05, 0.1) is 37.5 Å². The fraction of sp³-hybridized carbons (Fsp3) is 0.176. The Morgan fingerprint density at radius 1 is 0.581 bits per heavy atom. The van der Waals surface area contributed by atoms with E-state index in [4.69, 9.17) is 0 Å². The Labute approximate surface area is 248 Å². The lowest BCUT2D eigenvalue weighted by molar-refractivity contribution is 0.575. The van der Waals surface area contributed by atoms with Crippen molar-refractivity contribution in [1.82, 2.24) is 13.4 Å². The second kappa shape index (κ2) is 7.41. The first kappa shape index (κ1) is 25.2. The highest BCUT2D eigenvalue weighted by molar-refractivity contribution is 7.93. The lowest BCUT2D eigenvalue weighted by Crippen LogP contribution is -2.25. The Balaban J connectivity index is 1.78. The van der Waals surface area contributed by atoms with Gasteiger partial charge in [0.15, 0.2) is 0 Å². The summed E-state index contributed by atoms with van der Waals surface area (Å²) in [4.78, 5) is 0.436. The standard InChI is InChI=1S/C34H27N3O4S2/c1-18-14-25-26(15-19(18)2)36-24-13-9-7-11-22(24)31-33(36)37-29-27(16-20(34(3,4)5)17-28(29)43(31,40)41)42(38,39)30-21-10-6-8-12-23(21)35(25)32(30)37/h6-17H,1-5H3.